The number of carbonyl (C=O) groups excluding carboxylic acids is 1. The van der Waals surface area contributed by atoms with Gasteiger partial charge in [-0.3, -0.25) is 5.32 Å². The first-order chi connectivity index (χ1) is 5.97. The van der Waals surface area contributed by atoms with E-state index in [0.29, 0.717) is 0 Å². The van der Waals surface area contributed by atoms with Gasteiger partial charge in [0.15, 0.2) is 0 Å². The van der Waals surface area contributed by atoms with E-state index in [9.17, 15) is 4.79 Å². The molecule has 0 aromatic rings. The summed E-state index contributed by atoms with van der Waals surface area (Å²) in [6.45, 7) is 6.54. The van der Waals surface area contributed by atoms with E-state index < -0.39 is 5.60 Å². The van der Waals surface area contributed by atoms with Gasteiger partial charge in [-0.25, -0.2) is 4.79 Å². The second kappa shape index (κ2) is 3.96. The standard InChI is InChI=1S/C9H18N2O2/c1-9(2,3)13-8(12)11-7-5-4-6-10-7/h7,10H,4-6H2,1-3H3,(H,11,12)/t7-/m0/s1. The topological polar surface area (TPSA) is 50.4 Å². The van der Waals surface area contributed by atoms with E-state index in [1.807, 2.05) is 20.8 Å². The molecule has 4 nitrogen and oxygen atoms in total. The smallest absolute Gasteiger partial charge is 0.408 e. The van der Waals surface area contributed by atoms with Crippen molar-refractivity contribution in [2.45, 2.75) is 45.4 Å². The molecule has 13 heavy (non-hydrogen) atoms. The first-order valence-electron chi connectivity index (χ1n) is 4.70. The van der Waals surface area contributed by atoms with Crippen LogP contribution in [0.25, 0.3) is 0 Å². The Morgan fingerprint density at radius 2 is 2.23 bits per heavy atom. The monoisotopic (exact) mass is 186 g/mol. The van der Waals surface area contributed by atoms with E-state index in [0.717, 1.165) is 19.4 Å². The van der Waals surface area contributed by atoms with Crippen LogP contribution in [0.5, 0.6) is 0 Å². The molecule has 1 aliphatic heterocycles. The minimum absolute atomic E-state index is 0.0925. The number of carbonyl (C=O) groups is 1. The van der Waals surface area contributed by atoms with Gasteiger partial charge < -0.3 is 10.1 Å². The molecule has 1 atom stereocenters. The van der Waals surface area contributed by atoms with Crippen molar-refractivity contribution < 1.29 is 9.53 Å². The van der Waals surface area contributed by atoms with Gasteiger partial charge in [0.25, 0.3) is 0 Å². The van der Waals surface area contributed by atoms with Crippen LogP contribution in [0.15, 0.2) is 0 Å². The van der Waals surface area contributed by atoms with E-state index >= 15 is 0 Å². The predicted octanol–water partition coefficient (Wildman–Crippen LogP) is 1.22. The number of alkyl carbamates (subject to hydrolysis) is 1. The molecule has 76 valence electrons. The number of hydrogen-bond acceptors (Lipinski definition) is 3. The van der Waals surface area contributed by atoms with Crippen molar-refractivity contribution in [2.75, 3.05) is 6.54 Å². The predicted molar refractivity (Wildman–Crippen MR) is 50.4 cm³/mol. The van der Waals surface area contributed by atoms with Gasteiger partial charge in [-0.05, 0) is 40.2 Å². The van der Waals surface area contributed by atoms with Crippen LogP contribution in [0.3, 0.4) is 0 Å². The molecule has 0 radical (unpaired) electrons. The van der Waals surface area contributed by atoms with Gasteiger partial charge in [0.1, 0.15) is 5.60 Å². The maximum absolute atomic E-state index is 11.2. The number of rotatable bonds is 1. The second-order valence-corrected chi connectivity index (χ2v) is 4.30. The van der Waals surface area contributed by atoms with E-state index in [-0.39, 0.29) is 12.3 Å². The Morgan fingerprint density at radius 1 is 1.54 bits per heavy atom. The summed E-state index contributed by atoms with van der Waals surface area (Å²) in [5, 5.41) is 5.92. The summed E-state index contributed by atoms with van der Waals surface area (Å²) in [7, 11) is 0. The number of amides is 1. The van der Waals surface area contributed by atoms with Gasteiger partial charge >= 0.3 is 6.09 Å². The normalized spacial score (nSPS) is 22.8. The lowest BCUT2D eigenvalue weighted by Gasteiger charge is -2.21. The summed E-state index contributed by atoms with van der Waals surface area (Å²) in [4.78, 5) is 11.2. The van der Waals surface area contributed by atoms with Gasteiger partial charge in [-0.15, -0.1) is 0 Å². The van der Waals surface area contributed by atoms with Gasteiger partial charge in [0.05, 0.1) is 6.17 Å². The summed E-state index contributed by atoms with van der Waals surface area (Å²) in [5.41, 5.74) is -0.414. The number of hydrogen-bond donors (Lipinski definition) is 2. The minimum atomic E-state index is -0.414. The highest BCUT2D eigenvalue weighted by Crippen LogP contribution is 2.08. The fourth-order valence-corrected chi connectivity index (χ4v) is 1.26. The maximum Gasteiger partial charge on any atom is 0.408 e. The molecular formula is C9H18N2O2. The molecule has 1 aliphatic rings. The molecule has 0 spiro atoms. The number of nitrogens with one attached hydrogen (secondary N) is 2. The minimum Gasteiger partial charge on any atom is -0.444 e. The van der Waals surface area contributed by atoms with Gasteiger partial charge in [-0.2, -0.15) is 0 Å². The van der Waals surface area contributed by atoms with Crippen LogP contribution in [0.1, 0.15) is 33.6 Å². The fraction of sp³-hybridized carbons (Fsp3) is 0.889. The molecule has 0 aromatic heterocycles. The van der Waals surface area contributed by atoms with Crippen molar-refractivity contribution >= 4 is 6.09 Å². The van der Waals surface area contributed by atoms with Gasteiger partial charge in [0.2, 0.25) is 0 Å². The molecule has 0 unspecified atom stereocenters. The second-order valence-electron chi connectivity index (χ2n) is 4.30. The lowest BCUT2D eigenvalue weighted by atomic mass is 10.2. The lowest BCUT2D eigenvalue weighted by Crippen LogP contribution is -2.43. The summed E-state index contributed by atoms with van der Waals surface area (Å²) < 4.78 is 5.11. The zero-order valence-corrected chi connectivity index (χ0v) is 8.52. The quantitative estimate of drug-likeness (QED) is 0.647. The van der Waals surface area contributed by atoms with Crippen LogP contribution in [0, 0.1) is 0 Å². The van der Waals surface area contributed by atoms with Crippen LogP contribution in [-0.2, 0) is 4.74 Å². The zero-order chi connectivity index (χ0) is 9.90. The van der Waals surface area contributed by atoms with E-state index in [1.165, 1.54) is 0 Å². The van der Waals surface area contributed by atoms with Crippen LogP contribution in [0.4, 0.5) is 4.79 Å². The Kier molecular flexibility index (Phi) is 3.14. The van der Waals surface area contributed by atoms with Crippen molar-refractivity contribution in [3.8, 4) is 0 Å². The molecule has 0 aliphatic carbocycles. The zero-order valence-electron chi connectivity index (χ0n) is 8.52. The van der Waals surface area contributed by atoms with E-state index in [4.69, 9.17) is 4.74 Å². The summed E-state index contributed by atoms with van der Waals surface area (Å²) in [5.74, 6) is 0. The van der Waals surface area contributed by atoms with Crippen molar-refractivity contribution in [1.29, 1.82) is 0 Å². The Bertz CT molecular complexity index is 181. The first-order valence-corrected chi connectivity index (χ1v) is 4.70. The molecule has 1 rings (SSSR count). The van der Waals surface area contributed by atoms with Crippen LogP contribution in [0.2, 0.25) is 0 Å². The number of ether oxygens (including phenoxy) is 1. The molecule has 0 bridgehead atoms. The highest BCUT2D eigenvalue weighted by atomic mass is 16.6. The third-order valence-electron chi connectivity index (χ3n) is 1.75. The lowest BCUT2D eigenvalue weighted by molar-refractivity contribution is 0.0500. The van der Waals surface area contributed by atoms with E-state index in [2.05, 4.69) is 10.6 Å². The van der Waals surface area contributed by atoms with Gasteiger partial charge in [-0.1, -0.05) is 0 Å². The van der Waals surface area contributed by atoms with Crippen LogP contribution < -0.4 is 10.6 Å². The van der Waals surface area contributed by atoms with Crippen LogP contribution >= 0.6 is 0 Å². The maximum atomic E-state index is 11.2. The average molecular weight is 186 g/mol. The molecular weight excluding hydrogens is 168 g/mol. The molecule has 2 N–H and O–H groups in total. The van der Waals surface area contributed by atoms with Crippen molar-refractivity contribution in [3.05, 3.63) is 0 Å². The third kappa shape index (κ3) is 4.12. The average Bonchev–Trinajstić information content (AvgIpc) is 2.34. The molecule has 0 saturated carbocycles. The Hall–Kier alpha value is -0.770. The molecule has 1 heterocycles. The highest BCUT2D eigenvalue weighted by molar-refractivity contribution is 5.68. The van der Waals surface area contributed by atoms with Crippen molar-refractivity contribution in [2.24, 2.45) is 0 Å². The van der Waals surface area contributed by atoms with E-state index in [1.54, 1.807) is 0 Å². The fourth-order valence-electron chi connectivity index (χ4n) is 1.26. The Morgan fingerprint density at radius 3 is 2.69 bits per heavy atom. The Balaban J connectivity index is 2.24. The SMILES string of the molecule is CC(C)(C)OC(=O)N[C@H]1CCCN1. The van der Waals surface area contributed by atoms with Gasteiger partial charge in [0, 0.05) is 0 Å². The summed E-state index contributed by atoms with van der Waals surface area (Å²) in [6, 6.07) is 0. The first kappa shape index (κ1) is 10.3. The molecule has 0 aromatic carbocycles. The Labute approximate surface area is 79.0 Å². The summed E-state index contributed by atoms with van der Waals surface area (Å²) >= 11 is 0. The molecule has 4 heteroatoms. The molecule has 1 saturated heterocycles. The largest absolute Gasteiger partial charge is 0.444 e. The highest BCUT2D eigenvalue weighted by Gasteiger charge is 2.20. The molecule has 1 amide bonds. The third-order valence-corrected chi connectivity index (χ3v) is 1.75. The van der Waals surface area contributed by atoms with Crippen LogP contribution in [-0.4, -0.2) is 24.4 Å². The van der Waals surface area contributed by atoms with Crippen molar-refractivity contribution in [1.82, 2.24) is 10.6 Å². The summed E-state index contributed by atoms with van der Waals surface area (Å²) in [6.07, 6.45) is 1.85. The van der Waals surface area contributed by atoms with Crippen molar-refractivity contribution in [3.63, 3.8) is 0 Å². The molecule has 1 fully saturated rings.